The van der Waals surface area contributed by atoms with Gasteiger partial charge in [-0.1, -0.05) is 0 Å². The normalized spacial score (nSPS) is 12.1. The number of nitrogens with one attached hydrogen (secondary N) is 1. The van der Waals surface area contributed by atoms with Crippen molar-refractivity contribution in [2.45, 2.75) is 6.10 Å². The van der Waals surface area contributed by atoms with Gasteiger partial charge in [0.05, 0.1) is 30.2 Å². The Labute approximate surface area is 92.1 Å². The molecule has 0 aliphatic carbocycles. The first-order valence-electron chi connectivity index (χ1n) is 4.62. The molecule has 0 radical (unpaired) electrons. The second kappa shape index (κ2) is 5.29. The molecular weight excluding hydrogens is 212 g/mol. The Balaban J connectivity index is 2.82. The van der Waals surface area contributed by atoms with Gasteiger partial charge in [0.15, 0.2) is 0 Å². The summed E-state index contributed by atoms with van der Waals surface area (Å²) in [6.07, 6.45) is 0.431. The quantitative estimate of drug-likeness (QED) is 0.416. The van der Waals surface area contributed by atoms with Crippen LogP contribution in [0.5, 0.6) is 0 Å². The van der Waals surface area contributed by atoms with Crippen molar-refractivity contribution in [3.63, 3.8) is 0 Å². The topological polar surface area (TPSA) is 134 Å². The Morgan fingerprint density at radius 2 is 2.31 bits per heavy atom. The average Bonchev–Trinajstić information content (AvgIpc) is 2.26. The highest BCUT2D eigenvalue weighted by atomic mass is 16.3. The van der Waals surface area contributed by atoms with Gasteiger partial charge in [-0.3, -0.25) is 4.79 Å². The third-order valence-corrected chi connectivity index (χ3v) is 1.89. The molecule has 0 aromatic carbocycles. The molecule has 16 heavy (non-hydrogen) atoms. The number of aromatic nitrogens is 1. The van der Waals surface area contributed by atoms with Gasteiger partial charge in [0, 0.05) is 6.54 Å². The van der Waals surface area contributed by atoms with Crippen LogP contribution in [-0.2, 0) is 0 Å². The number of pyridine rings is 1. The molecule has 0 fully saturated rings. The third-order valence-electron chi connectivity index (χ3n) is 1.89. The molecule has 0 aliphatic rings. The molecule has 7 heteroatoms. The molecule has 1 unspecified atom stereocenters. The van der Waals surface area contributed by atoms with Gasteiger partial charge < -0.3 is 27.0 Å². The molecule has 0 saturated carbocycles. The van der Waals surface area contributed by atoms with Crippen LogP contribution in [0.15, 0.2) is 12.3 Å². The molecule has 7 N–H and O–H groups in total. The fraction of sp³-hybridized carbons (Fsp3) is 0.333. The van der Waals surface area contributed by atoms with E-state index in [1.807, 2.05) is 0 Å². The van der Waals surface area contributed by atoms with Crippen molar-refractivity contribution in [3.8, 4) is 0 Å². The SMILES string of the molecule is NC(=O)c1cc(N)cnc1NCC(O)CO. The number of hydrogen-bond acceptors (Lipinski definition) is 6. The number of aliphatic hydroxyl groups excluding tert-OH is 2. The van der Waals surface area contributed by atoms with Crippen molar-refractivity contribution in [1.29, 1.82) is 0 Å². The molecule has 0 bridgehead atoms. The van der Waals surface area contributed by atoms with E-state index in [9.17, 15) is 4.79 Å². The summed E-state index contributed by atoms with van der Waals surface area (Å²) in [5.41, 5.74) is 11.1. The molecule has 0 saturated heterocycles. The van der Waals surface area contributed by atoms with Gasteiger partial charge in [-0.2, -0.15) is 0 Å². The summed E-state index contributed by atoms with van der Waals surface area (Å²) >= 11 is 0. The van der Waals surface area contributed by atoms with E-state index in [0.29, 0.717) is 5.69 Å². The number of nitrogens with two attached hydrogens (primary N) is 2. The Bertz CT molecular complexity index is 383. The van der Waals surface area contributed by atoms with Crippen molar-refractivity contribution >= 4 is 17.4 Å². The lowest BCUT2D eigenvalue weighted by atomic mass is 10.2. The predicted molar refractivity (Wildman–Crippen MR) is 58.7 cm³/mol. The van der Waals surface area contributed by atoms with E-state index in [-0.39, 0.29) is 24.5 Å². The summed E-state index contributed by atoms with van der Waals surface area (Å²) in [4.78, 5) is 14.9. The van der Waals surface area contributed by atoms with E-state index >= 15 is 0 Å². The highest BCUT2D eigenvalue weighted by Gasteiger charge is 2.11. The minimum atomic E-state index is -0.930. The number of nitrogen functional groups attached to an aromatic ring is 1. The van der Waals surface area contributed by atoms with Crippen LogP contribution in [0.4, 0.5) is 11.5 Å². The first-order valence-corrected chi connectivity index (χ1v) is 4.62. The maximum atomic E-state index is 11.1. The number of amides is 1. The monoisotopic (exact) mass is 226 g/mol. The van der Waals surface area contributed by atoms with Crippen LogP contribution in [0.25, 0.3) is 0 Å². The highest BCUT2D eigenvalue weighted by Crippen LogP contribution is 2.14. The minimum absolute atomic E-state index is 0.0632. The lowest BCUT2D eigenvalue weighted by molar-refractivity contribution is 0.0998. The van der Waals surface area contributed by atoms with Crippen LogP contribution in [0, 0.1) is 0 Å². The molecule has 1 aromatic heterocycles. The first kappa shape index (κ1) is 12.2. The molecule has 1 heterocycles. The van der Waals surface area contributed by atoms with Crippen LogP contribution in [0.1, 0.15) is 10.4 Å². The number of rotatable bonds is 5. The van der Waals surface area contributed by atoms with Gasteiger partial charge in [0.1, 0.15) is 5.82 Å². The van der Waals surface area contributed by atoms with E-state index < -0.39 is 12.0 Å². The molecule has 1 aromatic rings. The van der Waals surface area contributed by atoms with Crippen LogP contribution < -0.4 is 16.8 Å². The number of nitrogens with zero attached hydrogens (tertiary/aromatic N) is 1. The summed E-state index contributed by atoms with van der Waals surface area (Å²) in [6.45, 7) is -0.318. The summed E-state index contributed by atoms with van der Waals surface area (Å²) < 4.78 is 0. The van der Waals surface area contributed by atoms with Crippen molar-refractivity contribution in [2.75, 3.05) is 24.2 Å². The van der Waals surface area contributed by atoms with E-state index in [0.717, 1.165) is 0 Å². The molecule has 0 spiro atoms. The molecule has 1 rings (SSSR count). The van der Waals surface area contributed by atoms with Gasteiger partial charge in [0.2, 0.25) is 0 Å². The zero-order chi connectivity index (χ0) is 12.1. The van der Waals surface area contributed by atoms with Gasteiger partial charge in [-0.05, 0) is 6.07 Å². The molecular formula is C9H14N4O3. The summed E-state index contributed by atoms with van der Waals surface area (Å²) in [7, 11) is 0. The largest absolute Gasteiger partial charge is 0.397 e. The fourth-order valence-electron chi connectivity index (χ4n) is 1.09. The summed E-state index contributed by atoms with van der Waals surface area (Å²) in [5, 5.41) is 20.4. The molecule has 88 valence electrons. The standard InChI is InChI=1S/C9H14N4O3/c10-5-1-7(8(11)16)9(12-2-5)13-3-6(15)4-14/h1-2,6,14-15H,3-4,10H2,(H2,11,16)(H,12,13). The molecule has 1 amide bonds. The molecule has 0 aliphatic heterocycles. The van der Waals surface area contributed by atoms with Gasteiger partial charge in [-0.15, -0.1) is 0 Å². The zero-order valence-electron chi connectivity index (χ0n) is 8.55. The molecule has 7 nitrogen and oxygen atoms in total. The summed E-state index contributed by atoms with van der Waals surface area (Å²) in [5.74, 6) is -0.435. The van der Waals surface area contributed by atoms with Crippen LogP contribution >= 0.6 is 0 Å². The van der Waals surface area contributed by atoms with E-state index in [2.05, 4.69) is 10.3 Å². The second-order valence-corrected chi connectivity index (χ2v) is 3.25. The predicted octanol–water partition coefficient (Wildman–Crippen LogP) is -1.47. The van der Waals surface area contributed by atoms with Gasteiger partial charge >= 0.3 is 0 Å². The fourth-order valence-corrected chi connectivity index (χ4v) is 1.09. The van der Waals surface area contributed by atoms with E-state index in [1.165, 1.54) is 12.3 Å². The number of anilines is 2. The van der Waals surface area contributed by atoms with Crippen LogP contribution in [0.3, 0.4) is 0 Å². The lowest BCUT2D eigenvalue weighted by Gasteiger charge is -2.11. The van der Waals surface area contributed by atoms with Crippen LogP contribution in [-0.4, -0.2) is 40.4 Å². The lowest BCUT2D eigenvalue weighted by Crippen LogP contribution is -2.25. The Morgan fingerprint density at radius 3 is 2.88 bits per heavy atom. The zero-order valence-corrected chi connectivity index (χ0v) is 8.55. The van der Waals surface area contributed by atoms with E-state index in [1.54, 1.807) is 0 Å². The van der Waals surface area contributed by atoms with Crippen molar-refractivity contribution in [2.24, 2.45) is 5.73 Å². The van der Waals surface area contributed by atoms with Crippen molar-refractivity contribution in [3.05, 3.63) is 17.8 Å². The van der Waals surface area contributed by atoms with Crippen molar-refractivity contribution < 1.29 is 15.0 Å². The third kappa shape index (κ3) is 3.07. The summed E-state index contributed by atoms with van der Waals surface area (Å²) in [6, 6.07) is 1.39. The van der Waals surface area contributed by atoms with Gasteiger partial charge in [-0.25, -0.2) is 4.98 Å². The number of hydrogen-bond donors (Lipinski definition) is 5. The molecule has 1 atom stereocenters. The van der Waals surface area contributed by atoms with Crippen molar-refractivity contribution in [1.82, 2.24) is 4.98 Å². The Hall–Kier alpha value is -1.86. The Morgan fingerprint density at radius 1 is 1.62 bits per heavy atom. The average molecular weight is 226 g/mol. The maximum absolute atomic E-state index is 11.1. The smallest absolute Gasteiger partial charge is 0.252 e. The number of carbonyl (C=O) groups excluding carboxylic acids is 1. The van der Waals surface area contributed by atoms with Crippen LogP contribution in [0.2, 0.25) is 0 Å². The number of aliphatic hydroxyl groups is 2. The first-order chi connectivity index (χ1) is 7.54. The second-order valence-electron chi connectivity index (χ2n) is 3.25. The van der Waals surface area contributed by atoms with E-state index in [4.69, 9.17) is 21.7 Å². The maximum Gasteiger partial charge on any atom is 0.252 e. The minimum Gasteiger partial charge on any atom is -0.397 e. The Kier molecular flexibility index (Phi) is 4.03. The van der Waals surface area contributed by atoms with Gasteiger partial charge in [0.25, 0.3) is 5.91 Å². The number of primary amides is 1. The highest BCUT2D eigenvalue weighted by molar-refractivity contribution is 5.98. The number of carbonyl (C=O) groups is 1.